The van der Waals surface area contributed by atoms with Crippen molar-refractivity contribution in [3.05, 3.63) is 58.9 Å². The lowest BCUT2D eigenvalue weighted by Crippen LogP contribution is -2.40. The van der Waals surface area contributed by atoms with E-state index >= 15 is 0 Å². The molecule has 2 aromatic rings. The fourth-order valence-corrected chi connectivity index (χ4v) is 6.23. The highest BCUT2D eigenvalue weighted by molar-refractivity contribution is 7.99. The summed E-state index contributed by atoms with van der Waals surface area (Å²) in [6.07, 6.45) is 0.678. The van der Waals surface area contributed by atoms with Crippen molar-refractivity contribution in [2.45, 2.75) is 29.2 Å². The number of ether oxygens (including phenoxy) is 1. The Labute approximate surface area is 179 Å². The van der Waals surface area contributed by atoms with Crippen molar-refractivity contribution in [2.24, 2.45) is 0 Å². The molecule has 0 radical (unpaired) electrons. The van der Waals surface area contributed by atoms with E-state index in [4.69, 9.17) is 4.74 Å². The summed E-state index contributed by atoms with van der Waals surface area (Å²) in [5, 5.41) is 2.97. The number of hydrogen-bond donors (Lipinski definition) is 1. The first-order chi connectivity index (χ1) is 14.4. The predicted molar refractivity (Wildman–Crippen MR) is 113 cm³/mol. The number of carbonyl (C=O) groups is 1. The standard InChI is InChI=1S/C21H23FN2O4S2/c1-14-2-4-16(30(26,27)24-7-9-28-10-8-24)13-17(14)21(25)23-19-6-11-29-20-5-3-15(22)12-18(19)20/h2-5,12-13,19H,6-11H2,1H3,(H,23,25)/t19-/m0/s1. The third-order valence-corrected chi connectivity index (χ3v) is 8.40. The number of nitrogens with zero attached hydrogens (tertiary/aromatic N) is 1. The molecule has 1 atom stereocenters. The summed E-state index contributed by atoms with van der Waals surface area (Å²) >= 11 is 1.64. The molecule has 1 saturated heterocycles. The lowest BCUT2D eigenvalue weighted by atomic mass is 10.0. The largest absolute Gasteiger partial charge is 0.379 e. The molecule has 0 bridgehead atoms. The molecule has 0 unspecified atom stereocenters. The summed E-state index contributed by atoms with van der Waals surface area (Å²) < 4.78 is 46.3. The number of fused-ring (bicyclic) bond motifs is 1. The summed E-state index contributed by atoms with van der Waals surface area (Å²) in [6, 6.07) is 8.89. The van der Waals surface area contributed by atoms with Crippen molar-refractivity contribution < 1.29 is 22.3 Å². The highest BCUT2D eigenvalue weighted by Gasteiger charge is 2.28. The Morgan fingerprint density at radius 1 is 1.20 bits per heavy atom. The molecule has 6 nitrogen and oxygen atoms in total. The Hall–Kier alpha value is -1.94. The number of benzene rings is 2. The van der Waals surface area contributed by atoms with Gasteiger partial charge >= 0.3 is 0 Å². The maximum absolute atomic E-state index is 13.8. The monoisotopic (exact) mass is 450 g/mol. The quantitative estimate of drug-likeness (QED) is 0.775. The van der Waals surface area contributed by atoms with Crippen LogP contribution in [0.5, 0.6) is 0 Å². The van der Waals surface area contributed by atoms with E-state index in [-0.39, 0.29) is 22.7 Å². The minimum Gasteiger partial charge on any atom is -0.379 e. The molecule has 2 aromatic carbocycles. The van der Waals surface area contributed by atoms with Crippen LogP contribution in [-0.4, -0.2) is 50.7 Å². The van der Waals surface area contributed by atoms with Crippen LogP contribution >= 0.6 is 11.8 Å². The van der Waals surface area contributed by atoms with Crippen molar-refractivity contribution in [3.63, 3.8) is 0 Å². The first-order valence-electron chi connectivity index (χ1n) is 9.78. The van der Waals surface area contributed by atoms with E-state index in [0.717, 1.165) is 16.2 Å². The summed E-state index contributed by atoms with van der Waals surface area (Å²) in [4.78, 5) is 14.1. The molecular formula is C21H23FN2O4S2. The Morgan fingerprint density at radius 2 is 1.97 bits per heavy atom. The van der Waals surface area contributed by atoms with E-state index in [0.29, 0.717) is 43.9 Å². The zero-order chi connectivity index (χ0) is 21.3. The van der Waals surface area contributed by atoms with Crippen molar-refractivity contribution >= 4 is 27.7 Å². The smallest absolute Gasteiger partial charge is 0.252 e. The number of amides is 1. The molecule has 9 heteroatoms. The number of nitrogens with one attached hydrogen (secondary N) is 1. The topological polar surface area (TPSA) is 75.7 Å². The number of carbonyl (C=O) groups excluding carboxylic acids is 1. The van der Waals surface area contributed by atoms with Gasteiger partial charge in [-0.2, -0.15) is 4.31 Å². The van der Waals surface area contributed by atoms with Crippen LogP contribution in [0.25, 0.3) is 0 Å². The minimum absolute atomic E-state index is 0.0887. The molecule has 2 heterocycles. The second-order valence-corrected chi connectivity index (χ2v) is 10.4. The van der Waals surface area contributed by atoms with Gasteiger partial charge in [0.2, 0.25) is 10.0 Å². The molecule has 1 amide bonds. The van der Waals surface area contributed by atoms with Gasteiger partial charge < -0.3 is 10.1 Å². The second kappa shape index (κ2) is 8.66. The van der Waals surface area contributed by atoms with Crippen LogP contribution in [0.15, 0.2) is 46.2 Å². The van der Waals surface area contributed by atoms with Gasteiger partial charge in [0.15, 0.2) is 0 Å². The summed E-state index contributed by atoms with van der Waals surface area (Å²) in [7, 11) is -3.70. The molecule has 2 aliphatic rings. The first kappa shape index (κ1) is 21.3. The Bertz CT molecular complexity index is 1070. The average molecular weight is 451 g/mol. The number of aryl methyl sites for hydroxylation is 1. The first-order valence-corrected chi connectivity index (χ1v) is 12.2. The number of thioether (sulfide) groups is 1. The van der Waals surface area contributed by atoms with Crippen LogP contribution in [0.2, 0.25) is 0 Å². The third-order valence-electron chi connectivity index (χ3n) is 5.38. The van der Waals surface area contributed by atoms with Gasteiger partial charge in [0.1, 0.15) is 5.82 Å². The lowest BCUT2D eigenvalue weighted by molar-refractivity contribution is 0.0730. The van der Waals surface area contributed by atoms with Gasteiger partial charge in [0.05, 0.1) is 24.2 Å². The van der Waals surface area contributed by atoms with Crippen molar-refractivity contribution in [2.75, 3.05) is 32.1 Å². The Morgan fingerprint density at radius 3 is 2.73 bits per heavy atom. The van der Waals surface area contributed by atoms with Crippen LogP contribution in [0, 0.1) is 12.7 Å². The van der Waals surface area contributed by atoms with Gasteiger partial charge in [-0.15, -0.1) is 11.8 Å². The van der Waals surface area contributed by atoms with Crippen LogP contribution in [0.1, 0.15) is 33.9 Å². The van der Waals surface area contributed by atoms with Gasteiger partial charge in [-0.05, 0) is 54.8 Å². The molecule has 160 valence electrons. The van der Waals surface area contributed by atoms with Gasteiger partial charge in [0.25, 0.3) is 5.91 Å². The van der Waals surface area contributed by atoms with E-state index in [1.54, 1.807) is 30.8 Å². The van der Waals surface area contributed by atoms with Gasteiger partial charge in [-0.3, -0.25) is 4.79 Å². The molecule has 0 saturated carbocycles. The molecule has 0 aliphatic carbocycles. The van der Waals surface area contributed by atoms with Crippen molar-refractivity contribution in [1.29, 1.82) is 0 Å². The van der Waals surface area contributed by atoms with E-state index in [1.165, 1.54) is 28.6 Å². The normalized spacial score (nSPS) is 19.9. The molecule has 2 aliphatic heterocycles. The molecule has 1 fully saturated rings. The van der Waals surface area contributed by atoms with Crippen LogP contribution in [-0.2, 0) is 14.8 Å². The molecule has 0 aromatic heterocycles. The predicted octanol–water partition coefficient (Wildman–Crippen LogP) is 3.12. The zero-order valence-corrected chi connectivity index (χ0v) is 18.2. The number of halogens is 1. The molecule has 4 rings (SSSR count). The van der Waals surface area contributed by atoms with Crippen LogP contribution in [0.4, 0.5) is 4.39 Å². The van der Waals surface area contributed by atoms with Crippen LogP contribution < -0.4 is 5.32 Å². The van der Waals surface area contributed by atoms with E-state index < -0.39 is 10.0 Å². The van der Waals surface area contributed by atoms with Gasteiger partial charge in [-0.1, -0.05) is 6.07 Å². The molecule has 1 N–H and O–H groups in total. The maximum Gasteiger partial charge on any atom is 0.252 e. The molecular weight excluding hydrogens is 427 g/mol. The van der Waals surface area contributed by atoms with Crippen molar-refractivity contribution in [3.8, 4) is 0 Å². The number of rotatable bonds is 4. The zero-order valence-electron chi connectivity index (χ0n) is 16.6. The van der Waals surface area contributed by atoms with Gasteiger partial charge in [0, 0.05) is 29.3 Å². The fourth-order valence-electron chi connectivity index (χ4n) is 3.69. The lowest BCUT2D eigenvalue weighted by Gasteiger charge is -2.27. The average Bonchev–Trinajstić information content (AvgIpc) is 2.75. The number of hydrogen-bond acceptors (Lipinski definition) is 5. The molecule has 0 spiro atoms. The van der Waals surface area contributed by atoms with E-state index in [9.17, 15) is 17.6 Å². The number of sulfonamides is 1. The third kappa shape index (κ3) is 4.25. The van der Waals surface area contributed by atoms with E-state index in [1.807, 2.05) is 0 Å². The summed E-state index contributed by atoms with van der Waals surface area (Å²) in [5.41, 5.74) is 1.74. The maximum atomic E-state index is 13.8. The summed E-state index contributed by atoms with van der Waals surface area (Å²) in [6.45, 7) is 3.06. The van der Waals surface area contributed by atoms with Crippen molar-refractivity contribution in [1.82, 2.24) is 9.62 Å². The second-order valence-electron chi connectivity index (χ2n) is 7.34. The highest BCUT2D eigenvalue weighted by Crippen LogP contribution is 2.36. The molecule has 30 heavy (non-hydrogen) atoms. The van der Waals surface area contributed by atoms with Gasteiger partial charge in [-0.25, -0.2) is 12.8 Å². The van der Waals surface area contributed by atoms with Crippen LogP contribution in [0.3, 0.4) is 0 Å². The minimum atomic E-state index is -3.70. The SMILES string of the molecule is Cc1ccc(S(=O)(=O)N2CCOCC2)cc1C(=O)N[C@H]1CCSc2ccc(F)cc21. The Kier molecular flexibility index (Phi) is 6.15. The fraction of sp³-hybridized carbons (Fsp3) is 0.381. The Balaban J connectivity index is 1.60. The number of morpholine rings is 1. The highest BCUT2D eigenvalue weighted by atomic mass is 32.2. The van der Waals surface area contributed by atoms with E-state index in [2.05, 4.69) is 5.32 Å². The summed E-state index contributed by atoms with van der Waals surface area (Å²) in [5.74, 6) is 0.109.